The van der Waals surface area contributed by atoms with Crippen molar-refractivity contribution in [2.75, 3.05) is 25.0 Å². The summed E-state index contributed by atoms with van der Waals surface area (Å²) < 4.78 is 5.61. The average molecular weight is 256 g/mol. The molecule has 94 valence electrons. The number of nitrogens with one attached hydrogen (secondary N) is 1. The van der Waals surface area contributed by atoms with Crippen molar-refractivity contribution in [3.63, 3.8) is 0 Å². The van der Waals surface area contributed by atoms with Crippen molar-refractivity contribution in [1.82, 2.24) is 15.1 Å². The molecule has 1 aliphatic heterocycles. The molecule has 0 saturated carbocycles. The molecule has 0 aromatic carbocycles. The van der Waals surface area contributed by atoms with E-state index in [1.807, 2.05) is 13.8 Å². The largest absolute Gasteiger partial charge is 0.373 e. The summed E-state index contributed by atoms with van der Waals surface area (Å²) >= 11 is 1.32. The van der Waals surface area contributed by atoms with Crippen molar-refractivity contribution < 1.29 is 9.53 Å². The van der Waals surface area contributed by atoms with Crippen LogP contribution in [0.25, 0.3) is 0 Å². The summed E-state index contributed by atoms with van der Waals surface area (Å²) in [6.45, 7) is 5.98. The van der Waals surface area contributed by atoms with Gasteiger partial charge in [-0.25, -0.2) is 0 Å². The summed E-state index contributed by atoms with van der Waals surface area (Å²) in [6, 6.07) is 0. The lowest BCUT2D eigenvalue weighted by Gasteiger charge is -2.34. The van der Waals surface area contributed by atoms with Gasteiger partial charge in [0, 0.05) is 13.1 Å². The zero-order valence-electron chi connectivity index (χ0n) is 9.92. The lowest BCUT2D eigenvalue weighted by Crippen LogP contribution is -2.48. The number of anilines is 1. The Hall–Kier alpha value is -1.05. The highest BCUT2D eigenvalue weighted by atomic mass is 32.1. The molecule has 1 fully saturated rings. The minimum absolute atomic E-state index is 0.0527. The minimum Gasteiger partial charge on any atom is -0.373 e. The van der Waals surface area contributed by atoms with E-state index in [9.17, 15) is 4.79 Å². The second kappa shape index (κ2) is 5.52. The molecular weight excluding hydrogens is 240 g/mol. The molecule has 6 nitrogen and oxygen atoms in total. The van der Waals surface area contributed by atoms with Gasteiger partial charge in [0.15, 0.2) is 0 Å². The molecule has 17 heavy (non-hydrogen) atoms. The van der Waals surface area contributed by atoms with E-state index in [1.54, 1.807) is 5.51 Å². The number of carbonyl (C=O) groups excluding carboxylic acids is 1. The van der Waals surface area contributed by atoms with Gasteiger partial charge in [-0.3, -0.25) is 15.0 Å². The first-order chi connectivity index (χ1) is 8.13. The summed E-state index contributed by atoms with van der Waals surface area (Å²) in [7, 11) is 0. The van der Waals surface area contributed by atoms with Gasteiger partial charge in [0.05, 0.1) is 18.8 Å². The predicted molar refractivity (Wildman–Crippen MR) is 65.0 cm³/mol. The first kappa shape index (κ1) is 12.4. The van der Waals surface area contributed by atoms with E-state index in [0.717, 1.165) is 13.1 Å². The number of rotatable bonds is 3. The maximum atomic E-state index is 11.7. The Kier molecular flexibility index (Phi) is 4.03. The number of amides is 1. The molecule has 1 N–H and O–H groups in total. The molecule has 1 aliphatic rings. The molecular formula is C10H16N4O2S. The molecule has 1 amide bonds. The highest BCUT2D eigenvalue weighted by Crippen LogP contribution is 2.11. The van der Waals surface area contributed by atoms with Gasteiger partial charge < -0.3 is 4.74 Å². The first-order valence-electron chi connectivity index (χ1n) is 5.57. The number of morpholine rings is 1. The second-order valence-corrected chi connectivity index (χ2v) is 5.08. The van der Waals surface area contributed by atoms with Crippen LogP contribution in [0.5, 0.6) is 0 Å². The van der Waals surface area contributed by atoms with Gasteiger partial charge in [-0.1, -0.05) is 11.3 Å². The van der Waals surface area contributed by atoms with Crippen LogP contribution >= 0.6 is 11.3 Å². The molecule has 0 radical (unpaired) electrons. The van der Waals surface area contributed by atoms with Gasteiger partial charge in [0.2, 0.25) is 11.0 Å². The molecule has 0 aliphatic carbocycles. The number of ether oxygens (including phenoxy) is 1. The fourth-order valence-corrected chi connectivity index (χ4v) is 2.46. The molecule has 1 aromatic heterocycles. The van der Waals surface area contributed by atoms with Gasteiger partial charge in [0.1, 0.15) is 5.51 Å². The van der Waals surface area contributed by atoms with E-state index in [1.165, 1.54) is 11.3 Å². The fourth-order valence-electron chi connectivity index (χ4n) is 2.00. The highest BCUT2D eigenvalue weighted by Gasteiger charge is 2.23. The van der Waals surface area contributed by atoms with Crippen molar-refractivity contribution in [2.45, 2.75) is 26.1 Å². The monoisotopic (exact) mass is 256 g/mol. The van der Waals surface area contributed by atoms with Gasteiger partial charge in [0.25, 0.3) is 0 Å². The number of aromatic nitrogens is 2. The van der Waals surface area contributed by atoms with Gasteiger partial charge in [-0.15, -0.1) is 10.2 Å². The topological polar surface area (TPSA) is 67.4 Å². The number of nitrogens with zero attached hydrogens (tertiary/aromatic N) is 3. The van der Waals surface area contributed by atoms with E-state index >= 15 is 0 Å². The van der Waals surface area contributed by atoms with Gasteiger partial charge in [-0.2, -0.15) is 0 Å². The van der Waals surface area contributed by atoms with Crippen molar-refractivity contribution in [3.8, 4) is 0 Å². The lowest BCUT2D eigenvalue weighted by atomic mass is 10.2. The summed E-state index contributed by atoms with van der Waals surface area (Å²) in [5.74, 6) is -0.0527. The van der Waals surface area contributed by atoms with Crippen molar-refractivity contribution in [3.05, 3.63) is 5.51 Å². The SMILES string of the molecule is CC1CN(CC(=O)Nc2nncs2)CC(C)O1. The standard InChI is InChI=1S/C10H16N4O2S/c1-7-3-14(4-8(2)16-7)5-9(15)12-10-13-11-6-17-10/h6-8H,3-5H2,1-2H3,(H,12,13,15). The minimum atomic E-state index is -0.0527. The van der Waals surface area contributed by atoms with Crippen LogP contribution in [0.3, 0.4) is 0 Å². The Morgan fingerprint density at radius 2 is 2.29 bits per heavy atom. The molecule has 2 unspecified atom stereocenters. The maximum Gasteiger partial charge on any atom is 0.240 e. The van der Waals surface area contributed by atoms with Crippen molar-refractivity contribution in [2.24, 2.45) is 0 Å². The quantitative estimate of drug-likeness (QED) is 0.857. The Morgan fingerprint density at radius 1 is 1.59 bits per heavy atom. The molecule has 2 rings (SSSR count). The van der Waals surface area contributed by atoms with Crippen LogP contribution < -0.4 is 5.32 Å². The Bertz CT molecular complexity index is 360. The smallest absolute Gasteiger partial charge is 0.240 e. The Morgan fingerprint density at radius 3 is 2.88 bits per heavy atom. The van der Waals surface area contributed by atoms with Crippen LogP contribution in [0.4, 0.5) is 5.13 Å². The first-order valence-corrected chi connectivity index (χ1v) is 6.45. The summed E-state index contributed by atoms with van der Waals surface area (Å²) in [5.41, 5.74) is 1.59. The summed E-state index contributed by atoms with van der Waals surface area (Å²) in [4.78, 5) is 13.8. The number of hydrogen-bond acceptors (Lipinski definition) is 6. The predicted octanol–water partition coefficient (Wildman–Crippen LogP) is 0.586. The normalized spacial score (nSPS) is 25.8. The zero-order valence-corrected chi connectivity index (χ0v) is 10.7. The molecule has 7 heteroatoms. The third-order valence-electron chi connectivity index (χ3n) is 2.47. The number of carbonyl (C=O) groups is 1. The lowest BCUT2D eigenvalue weighted by molar-refractivity contribution is -0.121. The van der Waals surface area contributed by atoms with E-state index in [2.05, 4.69) is 20.4 Å². The van der Waals surface area contributed by atoms with Crippen LogP contribution in [0, 0.1) is 0 Å². The maximum absolute atomic E-state index is 11.7. The van der Waals surface area contributed by atoms with E-state index < -0.39 is 0 Å². The summed E-state index contributed by atoms with van der Waals surface area (Å²) in [5, 5.41) is 10.7. The Balaban J connectivity index is 1.82. The third kappa shape index (κ3) is 3.72. The van der Waals surface area contributed by atoms with Crippen LogP contribution in [-0.4, -0.2) is 52.8 Å². The molecule has 2 atom stereocenters. The molecule has 2 heterocycles. The van der Waals surface area contributed by atoms with Gasteiger partial charge in [-0.05, 0) is 13.8 Å². The zero-order chi connectivity index (χ0) is 12.3. The molecule has 0 bridgehead atoms. The Labute approximate surface area is 104 Å². The molecule has 1 saturated heterocycles. The average Bonchev–Trinajstić information content (AvgIpc) is 2.67. The summed E-state index contributed by atoms with van der Waals surface area (Å²) in [6.07, 6.45) is 0.348. The van der Waals surface area contributed by atoms with Crippen molar-refractivity contribution in [1.29, 1.82) is 0 Å². The second-order valence-electron chi connectivity index (χ2n) is 4.24. The third-order valence-corrected chi connectivity index (χ3v) is 3.08. The number of hydrogen-bond donors (Lipinski definition) is 1. The molecule has 0 spiro atoms. The van der Waals surface area contributed by atoms with Crippen LogP contribution in [0.15, 0.2) is 5.51 Å². The van der Waals surface area contributed by atoms with Crippen LogP contribution in [0.2, 0.25) is 0 Å². The van der Waals surface area contributed by atoms with Crippen molar-refractivity contribution >= 4 is 22.4 Å². The van der Waals surface area contributed by atoms with Crippen LogP contribution in [0.1, 0.15) is 13.8 Å². The fraction of sp³-hybridized carbons (Fsp3) is 0.700. The van der Waals surface area contributed by atoms with Crippen LogP contribution in [-0.2, 0) is 9.53 Å². The van der Waals surface area contributed by atoms with E-state index in [0.29, 0.717) is 11.7 Å². The van der Waals surface area contributed by atoms with E-state index in [-0.39, 0.29) is 18.1 Å². The highest BCUT2D eigenvalue weighted by molar-refractivity contribution is 7.13. The van der Waals surface area contributed by atoms with E-state index in [4.69, 9.17) is 4.74 Å². The van der Waals surface area contributed by atoms with Gasteiger partial charge >= 0.3 is 0 Å². The molecule has 1 aromatic rings.